The molecular formula is C9H10F2O. The molecule has 0 atom stereocenters. The van der Waals surface area contributed by atoms with Crippen LogP contribution in [0.1, 0.15) is 12.0 Å². The van der Waals surface area contributed by atoms with E-state index in [-0.39, 0.29) is 18.6 Å². The second kappa shape index (κ2) is 4.04. The molecule has 1 N–H and O–H groups in total. The van der Waals surface area contributed by atoms with Crippen LogP contribution in [0.3, 0.4) is 0 Å². The Labute approximate surface area is 69.7 Å². The van der Waals surface area contributed by atoms with Gasteiger partial charge in [0.05, 0.1) is 0 Å². The fourth-order valence-corrected chi connectivity index (χ4v) is 0.987. The van der Waals surface area contributed by atoms with E-state index in [0.29, 0.717) is 5.56 Å². The van der Waals surface area contributed by atoms with Crippen LogP contribution >= 0.6 is 0 Å². The van der Waals surface area contributed by atoms with Crippen LogP contribution in [-0.4, -0.2) is 11.5 Å². The molecule has 0 aliphatic rings. The largest absolute Gasteiger partial charge is 0.508 e. The van der Waals surface area contributed by atoms with E-state index in [1.54, 1.807) is 18.2 Å². The lowest BCUT2D eigenvalue weighted by Gasteiger charge is -2.02. The van der Waals surface area contributed by atoms with Gasteiger partial charge in [0.15, 0.2) is 0 Å². The first-order chi connectivity index (χ1) is 5.70. The minimum absolute atomic E-state index is 0.0955. The van der Waals surface area contributed by atoms with Crippen LogP contribution in [0, 0.1) is 0 Å². The number of hydrogen-bond donors (Lipinski definition) is 1. The summed E-state index contributed by atoms with van der Waals surface area (Å²) in [5.74, 6) is 0.0955. The molecule has 0 saturated carbocycles. The molecule has 0 aromatic heterocycles. The van der Waals surface area contributed by atoms with E-state index in [4.69, 9.17) is 0 Å². The molecule has 0 heterocycles. The SMILES string of the molecule is Oc1ccccc1CCC(F)F. The number of halogens is 2. The summed E-state index contributed by atoms with van der Waals surface area (Å²) in [5.41, 5.74) is 0.581. The number of aromatic hydroxyl groups is 1. The summed E-state index contributed by atoms with van der Waals surface area (Å²) in [4.78, 5) is 0. The monoisotopic (exact) mass is 172 g/mol. The van der Waals surface area contributed by atoms with Gasteiger partial charge in [-0.15, -0.1) is 0 Å². The second-order valence-corrected chi connectivity index (χ2v) is 2.56. The highest BCUT2D eigenvalue weighted by Gasteiger charge is 2.05. The first-order valence-corrected chi connectivity index (χ1v) is 3.75. The zero-order chi connectivity index (χ0) is 8.97. The fourth-order valence-electron chi connectivity index (χ4n) is 0.987. The Kier molecular flexibility index (Phi) is 3.02. The Morgan fingerprint density at radius 1 is 1.25 bits per heavy atom. The lowest BCUT2D eigenvalue weighted by molar-refractivity contribution is 0.138. The van der Waals surface area contributed by atoms with Crippen molar-refractivity contribution in [2.75, 3.05) is 0 Å². The smallest absolute Gasteiger partial charge is 0.239 e. The van der Waals surface area contributed by atoms with Crippen molar-refractivity contribution in [1.29, 1.82) is 0 Å². The Morgan fingerprint density at radius 2 is 1.92 bits per heavy atom. The molecule has 66 valence electrons. The number of phenols is 1. The summed E-state index contributed by atoms with van der Waals surface area (Å²) < 4.78 is 23.5. The quantitative estimate of drug-likeness (QED) is 0.742. The summed E-state index contributed by atoms with van der Waals surface area (Å²) in [6.45, 7) is 0. The number of benzene rings is 1. The van der Waals surface area contributed by atoms with Gasteiger partial charge in [-0.25, -0.2) is 8.78 Å². The molecule has 12 heavy (non-hydrogen) atoms. The summed E-state index contributed by atoms with van der Waals surface area (Å²) in [5, 5.41) is 9.18. The zero-order valence-corrected chi connectivity index (χ0v) is 6.50. The van der Waals surface area contributed by atoms with E-state index in [0.717, 1.165) is 0 Å². The van der Waals surface area contributed by atoms with Gasteiger partial charge in [0.2, 0.25) is 6.43 Å². The molecule has 0 aliphatic heterocycles. The minimum Gasteiger partial charge on any atom is -0.508 e. The Hall–Kier alpha value is -1.12. The predicted octanol–water partition coefficient (Wildman–Crippen LogP) is 2.59. The van der Waals surface area contributed by atoms with Gasteiger partial charge in [-0.2, -0.15) is 0 Å². The third kappa shape index (κ3) is 2.49. The number of para-hydroxylation sites is 1. The maximum absolute atomic E-state index is 11.8. The molecule has 1 nitrogen and oxygen atoms in total. The van der Waals surface area contributed by atoms with Crippen molar-refractivity contribution in [3.8, 4) is 5.75 Å². The highest BCUT2D eigenvalue weighted by atomic mass is 19.3. The molecule has 0 fully saturated rings. The van der Waals surface area contributed by atoms with Crippen molar-refractivity contribution >= 4 is 0 Å². The Balaban J connectivity index is 2.57. The Morgan fingerprint density at radius 3 is 2.50 bits per heavy atom. The van der Waals surface area contributed by atoms with Gasteiger partial charge in [-0.3, -0.25) is 0 Å². The molecule has 0 radical (unpaired) electrons. The lowest BCUT2D eigenvalue weighted by atomic mass is 10.1. The van der Waals surface area contributed by atoms with Crippen LogP contribution in [-0.2, 0) is 6.42 Å². The first kappa shape index (κ1) is 8.97. The predicted molar refractivity (Wildman–Crippen MR) is 42.4 cm³/mol. The molecular weight excluding hydrogens is 162 g/mol. The van der Waals surface area contributed by atoms with Crippen LogP contribution < -0.4 is 0 Å². The summed E-state index contributed by atoms with van der Waals surface area (Å²) in [6, 6.07) is 6.54. The summed E-state index contributed by atoms with van der Waals surface area (Å²) >= 11 is 0. The van der Waals surface area contributed by atoms with Crippen LogP contribution in [0.25, 0.3) is 0 Å². The van der Waals surface area contributed by atoms with Crippen LogP contribution in [0.5, 0.6) is 5.75 Å². The van der Waals surface area contributed by atoms with E-state index in [2.05, 4.69) is 0 Å². The third-order valence-electron chi connectivity index (χ3n) is 1.62. The molecule has 1 rings (SSSR count). The van der Waals surface area contributed by atoms with Gasteiger partial charge < -0.3 is 5.11 Å². The van der Waals surface area contributed by atoms with Crippen molar-refractivity contribution in [3.63, 3.8) is 0 Å². The normalized spacial score (nSPS) is 10.6. The number of alkyl halides is 2. The molecule has 0 saturated heterocycles. The van der Waals surface area contributed by atoms with Crippen molar-refractivity contribution in [2.45, 2.75) is 19.3 Å². The third-order valence-corrected chi connectivity index (χ3v) is 1.62. The fraction of sp³-hybridized carbons (Fsp3) is 0.333. The average Bonchev–Trinajstić information content (AvgIpc) is 2.03. The molecule has 0 unspecified atom stereocenters. The number of phenolic OH excluding ortho intramolecular Hbond substituents is 1. The van der Waals surface area contributed by atoms with Crippen molar-refractivity contribution in [3.05, 3.63) is 29.8 Å². The maximum Gasteiger partial charge on any atom is 0.239 e. The van der Waals surface area contributed by atoms with Gasteiger partial charge in [0, 0.05) is 6.42 Å². The van der Waals surface area contributed by atoms with E-state index in [1.165, 1.54) is 6.07 Å². The van der Waals surface area contributed by atoms with E-state index in [9.17, 15) is 13.9 Å². The average molecular weight is 172 g/mol. The zero-order valence-electron chi connectivity index (χ0n) is 6.50. The van der Waals surface area contributed by atoms with Crippen molar-refractivity contribution < 1.29 is 13.9 Å². The second-order valence-electron chi connectivity index (χ2n) is 2.56. The molecule has 0 bridgehead atoms. The molecule has 0 amide bonds. The standard InChI is InChI=1S/C9H10F2O/c10-9(11)6-5-7-3-1-2-4-8(7)12/h1-4,9,12H,5-6H2. The number of aryl methyl sites for hydroxylation is 1. The van der Waals surface area contributed by atoms with Gasteiger partial charge in [0.25, 0.3) is 0 Å². The van der Waals surface area contributed by atoms with E-state index >= 15 is 0 Å². The number of hydrogen-bond acceptors (Lipinski definition) is 1. The molecule has 1 aromatic carbocycles. The summed E-state index contributed by atoms with van der Waals surface area (Å²) in [6.07, 6.45) is -2.27. The summed E-state index contributed by atoms with van der Waals surface area (Å²) in [7, 11) is 0. The van der Waals surface area contributed by atoms with Gasteiger partial charge in [0.1, 0.15) is 5.75 Å². The van der Waals surface area contributed by atoms with Crippen molar-refractivity contribution in [2.24, 2.45) is 0 Å². The maximum atomic E-state index is 11.8. The van der Waals surface area contributed by atoms with Gasteiger partial charge >= 0.3 is 0 Å². The molecule has 3 heteroatoms. The highest BCUT2D eigenvalue weighted by Crippen LogP contribution is 2.18. The van der Waals surface area contributed by atoms with Gasteiger partial charge in [-0.05, 0) is 18.1 Å². The Bertz CT molecular complexity index is 248. The van der Waals surface area contributed by atoms with Crippen LogP contribution in [0.2, 0.25) is 0 Å². The molecule has 0 aliphatic carbocycles. The minimum atomic E-state index is -2.30. The van der Waals surface area contributed by atoms with Crippen LogP contribution in [0.4, 0.5) is 8.78 Å². The first-order valence-electron chi connectivity index (χ1n) is 3.75. The highest BCUT2D eigenvalue weighted by molar-refractivity contribution is 5.31. The lowest BCUT2D eigenvalue weighted by Crippen LogP contribution is -1.94. The molecule has 1 aromatic rings. The van der Waals surface area contributed by atoms with Crippen LogP contribution in [0.15, 0.2) is 24.3 Å². The number of rotatable bonds is 3. The molecule has 0 spiro atoms. The van der Waals surface area contributed by atoms with Gasteiger partial charge in [-0.1, -0.05) is 18.2 Å². The van der Waals surface area contributed by atoms with E-state index in [1.807, 2.05) is 0 Å². The van der Waals surface area contributed by atoms with E-state index < -0.39 is 6.43 Å². The van der Waals surface area contributed by atoms with Crippen molar-refractivity contribution in [1.82, 2.24) is 0 Å². The topological polar surface area (TPSA) is 20.2 Å².